The molecule has 0 aliphatic carbocycles. The van der Waals surface area contributed by atoms with Gasteiger partial charge >= 0.3 is 0 Å². The quantitative estimate of drug-likeness (QED) is 0.875. The third kappa shape index (κ3) is 2.39. The van der Waals surface area contributed by atoms with E-state index < -0.39 is 0 Å². The second kappa shape index (κ2) is 5.10. The molecule has 0 radical (unpaired) electrons. The number of hydrogen-bond acceptors (Lipinski definition) is 4. The average Bonchev–Trinajstić information content (AvgIpc) is 3.09. The number of hydrogen-bond donors (Lipinski definition) is 1. The van der Waals surface area contributed by atoms with Crippen LogP contribution in [-0.2, 0) is 0 Å². The van der Waals surface area contributed by atoms with Gasteiger partial charge in [-0.15, -0.1) is 0 Å². The zero-order valence-electron chi connectivity index (χ0n) is 11.2. The molecule has 0 spiro atoms. The fraction of sp³-hybridized carbons (Fsp3) is 0.533. The molecule has 2 fully saturated rings. The Morgan fingerprint density at radius 2 is 1.95 bits per heavy atom. The van der Waals surface area contributed by atoms with Crippen molar-refractivity contribution >= 4 is 11.4 Å². The molecule has 3 rings (SSSR count). The molecule has 0 amide bonds. The lowest BCUT2D eigenvalue weighted by Crippen LogP contribution is -2.27. The summed E-state index contributed by atoms with van der Waals surface area (Å²) in [4.78, 5) is 4.66. The molecule has 4 heteroatoms. The van der Waals surface area contributed by atoms with Gasteiger partial charge in [0.1, 0.15) is 6.07 Å². The molecule has 1 atom stereocenters. The smallest absolute Gasteiger partial charge is 0.101 e. The summed E-state index contributed by atoms with van der Waals surface area (Å²) in [6, 6.07) is 8.73. The Morgan fingerprint density at radius 3 is 2.58 bits per heavy atom. The van der Waals surface area contributed by atoms with Gasteiger partial charge in [-0.05, 0) is 37.5 Å². The van der Waals surface area contributed by atoms with E-state index in [0.29, 0.717) is 0 Å². The fourth-order valence-corrected chi connectivity index (χ4v) is 3.05. The highest BCUT2D eigenvalue weighted by Gasteiger charge is 2.23. The molecule has 2 saturated heterocycles. The second-order valence-corrected chi connectivity index (χ2v) is 5.50. The van der Waals surface area contributed by atoms with Gasteiger partial charge in [-0.2, -0.15) is 5.26 Å². The highest BCUT2D eigenvalue weighted by atomic mass is 15.2. The van der Waals surface area contributed by atoms with E-state index in [-0.39, 0.29) is 6.04 Å². The number of rotatable bonds is 2. The van der Waals surface area contributed by atoms with Crippen molar-refractivity contribution in [1.82, 2.24) is 0 Å². The van der Waals surface area contributed by atoms with Crippen LogP contribution in [0.3, 0.4) is 0 Å². The summed E-state index contributed by atoms with van der Waals surface area (Å²) in [6.07, 6.45) is 3.55. The molecule has 0 aromatic heterocycles. The minimum absolute atomic E-state index is 0.238. The Hall–Kier alpha value is -1.73. The Labute approximate surface area is 114 Å². The van der Waals surface area contributed by atoms with Crippen LogP contribution < -0.4 is 15.5 Å². The molecule has 1 aromatic carbocycles. The number of anilines is 2. The zero-order chi connectivity index (χ0) is 13.2. The average molecular weight is 256 g/mol. The minimum atomic E-state index is 0.238. The van der Waals surface area contributed by atoms with Crippen molar-refractivity contribution in [2.75, 3.05) is 36.0 Å². The maximum absolute atomic E-state index is 9.28. The van der Waals surface area contributed by atoms with Gasteiger partial charge in [0.2, 0.25) is 0 Å². The van der Waals surface area contributed by atoms with Crippen LogP contribution in [0.5, 0.6) is 0 Å². The molecular weight excluding hydrogens is 236 g/mol. The van der Waals surface area contributed by atoms with Crippen LogP contribution >= 0.6 is 0 Å². The number of benzene rings is 1. The van der Waals surface area contributed by atoms with Crippen molar-refractivity contribution in [3.8, 4) is 6.07 Å². The lowest BCUT2D eigenvalue weighted by molar-refractivity contribution is 0.752. The van der Waals surface area contributed by atoms with E-state index in [0.717, 1.165) is 43.9 Å². The highest BCUT2D eigenvalue weighted by Crippen LogP contribution is 2.30. The Balaban J connectivity index is 1.91. The van der Waals surface area contributed by atoms with Crippen LogP contribution in [-0.4, -0.2) is 32.2 Å². The molecule has 2 N–H and O–H groups in total. The van der Waals surface area contributed by atoms with Gasteiger partial charge in [-0.3, -0.25) is 0 Å². The van der Waals surface area contributed by atoms with Gasteiger partial charge in [-0.1, -0.05) is 0 Å². The molecule has 19 heavy (non-hydrogen) atoms. The minimum Gasteiger partial charge on any atom is -0.371 e. The summed E-state index contributed by atoms with van der Waals surface area (Å²) >= 11 is 0. The van der Waals surface area contributed by atoms with E-state index in [4.69, 9.17) is 5.73 Å². The summed E-state index contributed by atoms with van der Waals surface area (Å²) in [6.45, 7) is 4.08. The molecule has 4 nitrogen and oxygen atoms in total. The molecule has 2 heterocycles. The fourth-order valence-electron chi connectivity index (χ4n) is 3.05. The lowest BCUT2D eigenvalue weighted by atomic mass is 10.1. The monoisotopic (exact) mass is 256 g/mol. The molecule has 1 aromatic rings. The van der Waals surface area contributed by atoms with Crippen LogP contribution in [0.15, 0.2) is 18.2 Å². The van der Waals surface area contributed by atoms with Gasteiger partial charge in [0.05, 0.1) is 11.3 Å². The summed E-state index contributed by atoms with van der Waals surface area (Å²) in [5.41, 5.74) is 9.04. The van der Waals surface area contributed by atoms with Crippen LogP contribution in [0, 0.1) is 11.3 Å². The first kappa shape index (κ1) is 12.3. The Kier molecular flexibility index (Phi) is 3.31. The first-order chi connectivity index (χ1) is 9.28. The maximum Gasteiger partial charge on any atom is 0.101 e. The summed E-state index contributed by atoms with van der Waals surface area (Å²) in [5.74, 6) is 0. The molecule has 0 bridgehead atoms. The predicted molar refractivity (Wildman–Crippen MR) is 77.4 cm³/mol. The van der Waals surface area contributed by atoms with E-state index in [9.17, 15) is 5.26 Å². The zero-order valence-corrected chi connectivity index (χ0v) is 11.2. The molecular formula is C15H20N4. The number of nitrogens with zero attached hydrogens (tertiary/aromatic N) is 3. The van der Waals surface area contributed by atoms with E-state index in [1.165, 1.54) is 18.5 Å². The van der Waals surface area contributed by atoms with Crippen molar-refractivity contribution < 1.29 is 0 Å². The number of nitriles is 1. The van der Waals surface area contributed by atoms with Gasteiger partial charge in [0.25, 0.3) is 0 Å². The van der Waals surface area contributed by atoms with Gasteiger partial charge < -0.3 is 15.5 Å². The third-order valence-electron chi connectivity index (χ3n) is 4.14. The maximum atomic E-state index is 9.28. The number of nitrogens with two attached hydrogens (primary N) is 1. The van der Waals surface area contributed by atoms with Crippen molar-refractivity contribution in [3.05, 3.63) is 23.8 Å². The van der Waals surface area contributed by atoms with E-state index in [1.807, 2.05) is 6.07 Å². The van der Waals surface area contributed by atoms with Crippen molar-refractivity contribution in [2.45, 2.75) is 25.3 Å². The molecule has 0 saturated carbocycles. The largest absolute Gasteiger partial charge is 0.371 e. The molecule has 1 unspecified atom stereocenters. The molecule has 2 aliphatic rings. The SMILES string of the molecule is N#Cc1ccc(N2CCCC2)cc1N1CCC(N)C1. The van der Waals surface area contributed by atoms with Crippen molar-refractivity contribution in [3.63, 3.8) is 0 Å². The van der Waals surface area contributed by atoms with Crippen LogP contribution in [0.4, 0.5) is 11.4 Å². The Morgan fingerprint density at radius 1 is 1.16 bits per heavy atom. The predicted octanol–water partition coefficient (Wildman–Crippen LogP) is 1.70. The van der Waals surface area contributed by atoms with Gasteiger partial charge in [0.15, 0.2) is 0 Å². The normalized spacial score (nSPS) is 22.8. The van der Waals surface area contributed by atoms with E-state index in [2.05, 4.69) is 28.0 Å². The summed E-state index contributed by atoms with van der Waals surface area (Å²) < 4.78 is 0. The summed E-state index contributed by atoms with van der Waals surface area (Å²) in [5, 5.41) is 9.28. The van der Waals surface area contributed by atoms with E-state index >= 15 is 0 Å². The Bertz CT molecular complexity index is 499. The highest BCUT2D eigenvalue weighted by molar-refractivity contribution is 5.67. The third-order valence-corrected chi connectivity index (χ3v) is 4.14. The standard InChI is InChI=1S/C15H20N4/c16-10-12-3-4-14(18-6-1-2-7-18)9-15(12)19-8-5-13(17)11-19/h3-4,9,13H,1-2,5-8,11,17H2. The molecule has 100 valence electrons. The van der Waals surface area contributed by atoms with Gasteiger partial charge in [-0.25, -0.2) is 0 Å². The van der Waals surface area contributed by atoms with Crippen LogP contribution in [0.1, 0.15) is 24.8 Å². The lowest BCUT2D eigenvalue weighted by Gasteiger charge is -2.23. The first-order valence-electron chi connectivity index (χ1n) is 7.07. The van der Waals surface area contributed by atoms with E-state index in [1.54, 1.807) is 0 Å². The summed E-state index contributed by atoms with van der Waals surface area (Å²) in [7, 11) is 0. The topological polar surface area (TPSA) is 56.3 Å². The van der Waals surface area contributed by atoms with Crippen molar-refractivity contribution in [2.24, 2.45) is 5.73 Å². The van der Waals surface area contributed by atoms with Crippen LogP contribution in [0.2, 0.25) is 0 Å². The van der Waals surface area contributed by atoms with Gasteiger partial charge in [0, 0.05) is 37.9 Å². The van der Waals surface area contributed by atoms with Crippen LogP contribution in [0.25, 0.3) is 0 Å². The van der Waals surface area contributed by atoms with Crippen molar-refractivity contribution in [1.29, 1.82) is 5.26 Å². The second-order valence-electron chi connectivity index (χ2n) is 5.50. The first-order valence-corrected chi connectivity index (χ1v) is 7.07. The molecule has 2 aliphatic heterocycles.